The first-order valence-corrected chi connectivity index (χ1v) is 13.4. The van der Waals surface area contributed by atoms with E-state index in [-0.39, 0.29) is 11.2 Å². The summed E-state index contributed by atoms with van der Waals surface area (Å²) in [6, 6.07) is 11.9. The lowest BCUT2D eigenvalue weighted by atomic mass is 10.1. The normalized spacial score (nSPS) is 12.4. The fourth-order valence-corrected chi connectivity index (χ4v) is 4.88. The van der Waals surface area contributed by atoms with Crippen LogP contribution in [0.25, 0.3) is 11.2 Å². The number of fused-ring (bicyclic) bond motifs is 1. The number of nitrogens with one attached hydrogen (secondary N) is 1. The Morgan fingerprint density at radius 2 is 1.83 bits per heavy atom. The molecule has 0 saturated carbocycles. The Bertz CT molecular complexity index is 1370. The van der Waals surface area contributed by atoms with Gasteiger partial charge in [-0.05, 0) is 36.0 Å². The first-order chi connectivity index (χ1) is 17.5. The topological polar surface area (TPSA) is 107 Å². The van der Waals surface area contributed by atoms with Gasteiger partial charge in [0.15, 0.2) is 11.2 Å². The second-order valence-electron chi connectivity index (χ2n) is 8.91. The van der Waals surface area contributed by atoms with Gasteiger partial charge in [0.25, 0.3) is 5.56 Å². The van der Waals surface area contributed by atoms with Crippen molar-refractivity contribution in [2.45, 2.75) is 65.3 Å². The van der Waals surface area contributed by atoms with Crippen LogP contribution in [0.5, 0.6) is 0 Å². The molecule has 10 heteroatoms. The van der Waals surface area contributed by atoms with E-state index in [4.69, 9.17) is 4.98 Å². The Balaban J connectivity index is 1.80. The van der Waals surface area contributed by atoms with Crippen LogP contribution in [0.15, 0.2) is 51.4 Å². The van der Waals surface area contributed by atoms with Crippen molar-refractivity contribution in [1.29, 1.82) is 0 Å². The summed E-state index contributed by atoms with van der Waals surface area (Å²) in [6.07, 6.45) is 2.06. The predicted molar refractivity (Wildman–Crippen MR) is 143 cm³/mol. The molecule has 0 bridgehead atoms. The van der Waals surface area contributed by atoms with Crippen LogP contribution in [0.1, 0.15) is 43.8 Å². The average molecular weight is 511 g/mol. The fraction of sp³-hybridized carbons (Fsp3) is 0.462. The number of aliphatic hydroxyl groups excluding tert-OH is 1. The third kappa shape index (κ3) is 5.83. The lowest BCUT2D eigenvalue weighted by molar-refractivity contribution is 0.167. The minimum atomic E-state index is -0.411. The molecule has 192 valence electrons. The van der Waals surface area contributed by atoms with Crippen LogP contribution in [0.2, 0.25) is 0 Å². The Morgan fingerprint density at radius 3 is 2.53 bits per heavy atom. The number of nitrogens with zero attached hydrogens (tertiary/aromatic N) is 5. The van der Waals surface area contributed by atoms with E-state index in [2.05, 4.69) is 9.69 Å². The van der Waals surface area contributed by atoms with E-state index < -0.39 is 6.10 Å². The van der Waals surface area contributed by atoms with E-state index in [1.54, 1.807) is 4.57 Å². The van der Waals surface area contributed by atoms with Gasteiger partial charge < -0.3 is 15.0 Å². The average Bonchev–Trinajstić information content (AvgIpc) is 3.53. The number of aromatic nitrogens is 5. The molecular formula is C26H34N6O3S. The summed E-state index contributed by atoms with van der Waals surface area (Å²) in [4.78, 5) is 31.9. The number of hydrogen-bond acceptors (Lipinski definition) is 7. The van der Waals surface area contributed by atoms with Crippen molar-refractivity contribution in [1.82, 2.24) is 28.4 Å². The smallest absolute Gasteiger partial charge is 0.332 e. The Kier molecular flexibility index (Phi) is 8.84. The van der Waals surface area contributed by atoms with Gasteiger partial charge in [0, 0.05) is 50.9 Å². The number of imidazole rings is 1. The van der Waals surface area contributed by atoms with Gasteiger partial charge in [-0.2, -0.15) is 4.37 Å². The molecule has 0 radical (unpaired) electrons. The molecule has 2 N–H and O–H groups in total. The molecule has 4 aromatic rings. The molecule has 0 aliphatic carbocycles. The van der Waals surface area contributed by atoms with Gasteiger partial charge in [-0.25, -0.2) is 9.78 Å². The predicted octanol–water partition coefficient (Wildman–Crippen LogP) is 2.42. The van der Waals surface area contributed by atoms with Crippen LogP contribution >= 0.6 is 11.5 Å². The molecule has 0 fully saturated rings. The maximum atomic E-state index is 13.6. The molecule has 0 aliphatic rings. The highest BCUT2D eigenvalue weighted by Gasteiger charge is 2.21. The van der Waals surface area contributed by atoms with Crippen LogP contribution in [-0.2, 0) is 32.5 Å². The van der Waals surface area contributed by atoms with Crippen LogP contribution in [0.3, 0.4) is 0 Å². The van der Waals surface area contributed by atoms with Crippen LogP contribution < -0.4 is 16.6 Å². The second-order valence-corrected chi connectivity index (χ2v) is 9.58. The van der Waals surface area contributed by atoms with E-state index in [1.807, 2.05) is 60.2 Å². The molecule has 9 nitrogen and oxygen atoms in total. The summed E-state index contributed by atoms with van der Waals surface area (Å²) >= 11 is 1.38. The number of benzene rings is 1. The van der Waals surface area contributed by atoms with Gasteiger partial charge in [0.1, 0.15) is 5.82 Å². The third-order valence-corrected chi connectivity index (χ3v) is 6.89. The van der Waals surface area contributed by atoms with Crippen molar-refractivity contribution < 1.29 is 5.11 Å². The minimum Gasteiger partial charge on any atom is -0.392 e. The summed E-state index contributed by atoms with van der Waals surface area (Å²) in [6.45, 7) is 6.19. The van der Waals surface area contributed by atoms with Crippen LogP contribution in [-0.4, -0.2) is 47.4 Å². The quantitative estimate of drug-likeness (QED) is 0.268. The Labute approximate surface area is 214 Å². The molecule has 0 aliphatic heterocycles. The van der Waals surface area contributed by atoms with Crippen molar-refractivity contribution in [3.8, 4) is 0 Å². The number of aliphatic hydroxyl groups is 1. The van der Waals surface area contributed by atoms with Gasteiger partial charge in [-0.3, -0.25) is 13.9 Å². The van der Waals surface area contributed by atoms with E-state index in [9.17, 15) is 14.7 Å². The summed E-state index contributed by atoms with van der Waals surface area (Å²) in [7, 11) is 0. The lowest BCUT2D eigenvalue weighted by Crippen LogP contribution is -2.41. The van der Waals surface area contributed by atoms with Crippen LogP contribution in [0.4, 0.5) is 0 Å². The number of hydrogen-bond donors (Lipinski definition) is 2. The van der Waals surface area contributed by atoms with Crippen molar-refractivity contribution in [3.05, 3.63) is 79.7 Å². The third-order valence-electron chi connectivity index (χ3n) is 6.29. The number of aryl methyl sites for hydroxylation is 2. The van der Waals surface area contributed by atoms with Gasteiger partial charge >= 0.3 is 5.69 Å². The molecular weight excluding hydrogens is 476 g/mol. The van der Waals surface area contributed by atoms with Crippen LogP contribution in [0, 0.1) is 0 Å². The molecule has 3 heterocycles. The highest BCUT2D eigenvalue weighted by atomic mass is 32.1. The molecule has 0 amide bonds. The zero-order chi connectivity index (χ0) is 25.5. The van der Waals surface area contributed by atoms with E-state index in [1.165, 1.54) is 16.1 Å². The number of rotatable bonds is 13. The molecule has 3 aromatic heterocycles. The zero-order valence-electron chi connectivity index (χ0n) is 20.9. The molecule has 0 spiro atoms. The molecule has 1 atom stereocenters. The van der Waals surface area contributed by atoms with Gasteiger partial charge in [0.2, 0.25) is 0 Å². The van der Waals surface area contributed by atoms with E-state index in [0.717, 1.165) is 17.1 Å². The standard InChI is InChI=1S/C26H34N6O3S/c1-3-13-32-25(34)23-24(31(26(32)35)14-10-20-11-16-36-29-20)28-22(17-19-8-6-5-7-9-19)30(23)15-12-27-18-21(33)4-2/h5-9,11,16,21,27,33H,3-4,10,12-15,17-18H2,1-2H3. The van der Waals surface area contributed by atoms with Crippen molar-refractivity contribution in [3.63, 3.8) is 0 Å². The summed E-state index contributed by atoms with van der Waals surface area (Å²) in [5, 5.41) is 15.1. The lowest BCUT2D eigenvalue weighted by Gasteiger charge is -2.14. The first-order valence-electron chi connectivity index (χ1n) is 12.6. The fourth-order valence-electron chi connectivity index (χ4n) is 4.31. The summed E-state index contributed by atoms with van der Waals surface area (Å²) in [5.74, 6) is 0.738. The highest BCUT2D eigenvalue weighted by molar-refractivity contribution is 7.03. The largest absolute Gasteiger partial charge is 0.392 e. The monoisotopic (exact) mass is 510 g/mol. The maximum Gasteiger partial charge on any atom is 0.332 e. The molecule has 1 unspecified atom stereocenters. The van der Waals surface area contributed by atoms with Crippen molar-refractivity contribution in [2.75, 3.05) is 13.1 Å². The summed E-state index contributed by atoms with van der Waals surface area (Å²) in [5.41, 5.74) is 2.23. The molecule has 1 aromatic carbocycles. The van der Waals surface area contributed by atoms with Crippen molar-refractivity contribution in [2.24, 2.45) is 0 Å². The second kappa shape index (κ2) is 12.2. The first kappa shape index (κ1) is 26.0. The summed E-state index contributed by atoms with van der Waals surface area (Å²) < 4.78 is 9.28. The molecule has 36 heavy (non-hydrogen) atoms. The van der Waals surface area contributed by atoms with E-state index in [0.29, 0.717) is 69.6 Å². The maximum absolute atomic E-state index is 13.6. The zero-order valence-corrected chi connectivity index (χ0v) is 21.7. The Morgan fingerprint density at radius 1 is 1.03 bits per heavy atom. The van der Waals surface area contributed by atoms with E-state index >= 15 is 0 Å². The highest BCUT2D eigenvalue weighted by Crippen LogP contribution is 2.16. The minimum absolute atomic E-state index is 0.304. The molecule has 0 saturated heterocycles. The SMILES string of the molecule is CCCn1c(=O)c2c(nc(Cc3ccccc3)n2CCNCC(O)CC)n(CCc2ccsn2)c1=O. The van der Waals surface area contributed by atoms with Gasteiger partial charge in [-0.1, -0.05) is 44.2 Å². The van der Waals surface area contributed by atoms with Gasteiger partial charge in [-0.15, -0.1) is 0 Å². The van der Waals surface area contributed by atoms with Crippen molar-refractivity contribution >= 4 is 22.7 Å². The molecule has 4 rings (SSSR count). The Hall–Kier alpha value is -3.08. The van der Waals surface area contributed by atoms with Gasteiger partial charge in [0.05, 0.1) is 11.8 Å².